The van der Waals surface area contributed by atoms with Crippen LogP contribution in [0.4, 0.5) is 15.8 Å². The highest BCUT2D eigenvalue weighted by atomic mass is 32.2. The van der Waals surface area contributed by atoms with Gasteiger partial charge in [0.05, 0.1) is 24.3 Å². The first kappa shape index (κ1) is 22.3. The third-order valence-electron chi connectivity index (χ3n) is 4.35. The largest absolute Gasteiger partial charge is 0.495 e. The van der Waals surface area contributed by atoms with Gasteiger partial charge in [-0.2, -0.15) is 0 Å². The van der Waals surface area contributed by atoms with Crippen molar-refractivity contribution < 1.29 is 27.1 Å². The van der Waals surface area contributed by atoms with Crippen molar-refractivity contribution in [1.82, 2.24) is 0 Å². The first-order valence-electron chi connectivity index (χ1n) is 9.18. The van der Waals surface area contributed by atoms with Crippen molar-refractivity contribution in [1.29, 1.82) is 0 Å². The highest BCUT2D eigenvalue weighted by molar-refractivity contribution is 7.92. The first-order valence-corrected chi connectivity index (χ1v) is 10.7. The Morgan fingerprint density at radius 2 is 1.65 bits per heavy atom. The maximum atomic E-state index is 13.1. The van der Waals surface area contributed by atoms with E-state index in [0.29, 0.717) is 17.9 Å². The van der Waals surface area contributed by atoms with E-state index < -0.39 is 15.8 Å². The zero-order valence-electron chi connectivity index (χ0n) is 16.9. The molecule has 3 aromatic carbocycles. The van der Waals surface area contributed by atoms with Gasteiger partial charge in [0.1, 0.15) is 11.6 Å². The first-order chi connectivity index (χ1) is 14.8. The van der Waals surface area contributed by atoms with Crippen LogP contribution >= 0.6 is 0 Å². The van der Waals surface area contributed by atoms with Crippen LogP contribution in [0.2, 0.25) is 0 Å². The lowest BCUT2D eigenvalue weighted by Gasteiger charge is -2.14. The van der Waals surface area contributed by atoms with Crippen molar-refractivity contribution in [2.24, 2.45) is 0 Å². The highest BCUT2D eigenvalue weighted by Crippen LogP contribution is 2.30. The summed E-state index contributed by atoms with van der Waals surface area (Å²) in [5.41, 5.74) is 1.86. The number of rotatable bonds is 8. The van der Waals surface area contributed by atoms with Gasteiger partial charge in [0.15, 0.2) is 0 Å². The predicted molar refractivity (Wildman–Crippen MR) is 115 cm³/mol. The molecule has 9 heteroatoms. The van der Waals surface area contributed by atoms with Gasteiger partial charge < -0.3 is 14.8 Å². The Kier molecular flexibility index (Phi) is 6.88. The summed E-state index contributed by atoms with van der Waals surface area (Å²) in [4.78, 5) is 12.4. The van der Waals surface area contributed by atoms with Crippen molar-refractivity contribution in [3.63, 3.8) is 0 Å². The highest BCUT2D eigenvalue weighted by Gasteiger charge is 2.18. The second kappa shape index (κ2) is 9.59. The van der Waals surface area contributed by atoms with Crippen molar-refractivity contribution in [2.45, 2.75) is 11.5 Å². The van der Waals surface area contributed by atoms with Crippen LogP contribution in [0, 0.1) is 5.82 Å². The normalized spacial score (nSPS) is 11.1. The second-order valence-corrected chi connectivity index (χ2v) is 8.24. The van der Waals surface area contributed by atoms with Crippen molar-refractivity contribution in [3.05, 3.63) is 83.7 Å². The van der Waals surface area contributed by atoms with Crippen LogP contribution in [-0.2, 0) is 21.4 Å². The minimum Gasteiger partial charge on any atom is -0.495 e. The number of halogens is 1. The molecule has 0 aromatic heterocycles. The number of methoxy groups -OCH3 is 2. The number of amides is 1. The van der Waals surface area contributed by atoms with Gasteiger partial charge >= 0.3 is 0 Å². The molecule has 0 aliphatic heterocycles. The Hall–Kier alpha value is -3.43. The van der Waals surface area contributed by atoms with E-state index in [4.69, 9.17) is 9.47 Å². The number of anilines is 2. The molecule has 0 fully saturated rings. The summed E-state index contributed by atoms with van der Waals surface area (Å²) in [6.45, 7) is 0.442. The molecular formula is C22H21FN2O5S. The molecular weight excluding hydrogens is 423 g/mol. The lowest BCUT2D eigenvalue weighted by molar-refractivity contribution is 0.102. The van der Waals surface area contributed by atoms with E-state index in [9.17, 15) is 17.6 Å². The molecule has 3 rings (SSSR count). The third-order valence-corrected chi connectivity index (χ3v) is 5.73. The summed E-state index contributed by atoms with van der Waals surface area (Å²) in [6, 6.07) is 15.9. The number of benzene rings is 3. The molecule has 1 amide bonds. The molecule has 31 heavy (non-hydrogen) atoms. The monoisotopic (exact) mass is 444 g/mol. The van der Waals surface area contributed by atoms with Gasteiger partial charge in [-0.15, -0.1) is 0 Å². The zero-order valence-corrected chi connectivity index (χ0v) is 17.7. The second-order valence-electron chi connectivity index (χ2n) is 6.56. The lowest BCUT2D eigenvalue weighted by atomic mass is 10.1. The minimum atomic E-state index is -3.99. The van der Waals surface area contributed by atoms with E-state index in [1.165, 1.54) is 19.2 Å². The molecule has 0 heterocycles. The summed E-state index contributed by atoms with van der Waals surface area (Å²) in [6.07, 6.45) is 0. The van der Waals surface area contributed by atoms with Gasteiger partial charge in [-0.05, 0) is 60.2 Å². The minimum absolute atomic E-state index is 0.110. The summed E-state index contributed by atoms with van der Waals surface area (Å²) in [7, 11) is -1.01. The molecule has 0 aliphatic rings. The zero-order chi connectivity index (χ0) is 22.4. The van der Waals surface area contributed by atoms with Crippen LogP contribution in [0.1, 0.15) is 15.9 Å². The number of carbonyl (C=O) groups excluding carboxylic acids is 1. The average Bonchev–Trinajstić information content (AvgIpc) is 2.75. The van der Waals surface area contributed by atoms with Crippen LogP contribution in [0.3, 0.4) is 0 Å². The van der Waals surface area contributed by atoms with Gasteiger partial charge in [0, 0.05) is 18.4 Å². The molecule has 0 saturated heterocycles. The van der Waals surface area contributed by atoms with Gasteiger partial charge in [-0.3, -0.25) is 9.52 Å². The molecule has 2 N–H and O–H groups in total. The van der Waals surface area contributed by atoms with E-state index in [2.05, 4.69) is 10.0 Å². The molecule has 0 saturated carbocycles. The summed E-state index contributed by atoms with van der Waals surface area (Å²) in [5, 5.41) is 2.72. The van der Waals surface area contributed by atoms with Gasteiger partial charge in [-0.25, -0.2) is 12.8 Å². The van der Waals surface area contributed by atoms with Crippen molar-refractivity contribution in [3.8, 4) is 5.75 Å². The molecule has 0 bridgehead atoms. The van der Waals surface area contributed by atoms with E-state index in [0.717, 1.165) is 29.8 Å². The fourth-order valence-corrected chi connectivity index (χ4v) is 3.87. The number of sulfonamides is 1. The van der Waals surface area contributed by atoms with Gasteiger partial charge in [-0.1, -0.05) is 12.1 Å². The number of hydrogen-bond donors (Lipinski definition) is 2. The molecule has 0 unspecified atom stereocenters. The van der Waals surface area contributed by atoms with E-state index in [1.54, 1.807) is 37.4 Å². The number of nitrogens with one attached hydrogen (secondary N) is 2. The molecule has 3 aromatic rings. The topological polar surface area (TPSA) is 93.7 Å². The lowest BCUT2D eigenvalue weighted by Crippen LogP contribution is -2.15. The average molecular weight is 444 g/mol. The molecule has 0 radical (unpaired) electrons. The van der Waals surface area contributed by atoms with Crippen LogP contribution in [0.15, 0.2) is 71.6 Å². The fraction of sp³-hybridized carbons (Fsp3) is 0.136. The Morgan fingerprint density at radius 1 is 0.968 bits per heavy atom. The molecule has 0 atom stereocenters. The quantitative estimate of drug-likeness (QED) is 0.547. The van der Waals surface area contributed by atoms with E-state index >= 15 is 0 Å². The van der Waals surface area contributed by atoms with Gasteiger partial charge in [0.2, 0.25) is 0 Å². The Morgan fingerprint density at radius 3 is 2.26 bits per heavy atom. The third kappa shape index (κ3) is 5.59. The van der Waals surface area contributed by atoms with Crippen molar-refractivity contribution in [2.75, 3.05) is 24.3 Å². The molecule has 0 spiro atoms. The number of carbonyl (C=O) groups is 1. The fourth-order valence-electron chi connectivity index (χ4n) is 2.81. The standard InChI is InChI=1S/C22H21FN2O5S/c1-29-14-15-3-5-16(6-4-15)22(26)24-18-9-12-21(30-2)20(13-18)25-31(27,28)19-10-7-17(23)8-11-19/h3-13,25H,14H2,1-2H3,(H,24,26). The van der Waals surface area contributed by atoms with E-state index in [1.807, 2.05) is 0 Å². The number of ether oxygens (including phenoxy) is 2. The molecule has 162 valence electrons. The number of hydrogen-bond acceptors (Lipinski definition) is 5. The van der Waals surface area contributed by atoms with Crippen LogP contribution in [0.5, 0.6) is 5.75 Å². The predicted octanol–water partition coefficient (Wildman–Crippen LogP) is 4.03. The Labute approximate surface area is 179 Å². The Bertz CT molecular complexity index is 1160. The van der Waals surface area contributed by atoms with E-state index in [-0.39, 0.29) is 22.2 Å². The van der Waals surface area contributed by atoms with Crippen LogP contribution < -0.4 is 14.8 Å². The molecule has 0 aliphatic carbocycles. The molecule has 7 nitrogen and oxygen atoms in total. The smallest absolute Gasteiger partial charge is 0.262 e. The van der Waals surface area contributed by atoms with Crippen LogP contribution in [-0.4, -0.2) is 28.5 Å². The van der Waals surface area contributed by atoms with Crippen molar-refractivity contribution >= 4 is 27.3 Å². The summed E-state index contributed by atoms with van der Waals surface area (Å²) < 4.78 is 51.1. The van der Waals surface area contributed by atoms with Crippen LogP contribution in [0.25, 0.3) is 0 Å². The Balaban J connectivity index is 1.81. The summed E-state index contributed by atoms with van der Waals surface area (Å²) in [5.74, 6) is -0.648. The summed E-state index contributed by atoms with van der Waals surface area (Å²) >= 11 is 0. The maximum Gasteiger partial charge on any atom is 0.262 e. The SMILES string of the molecule is COCc1ccc(C(=O)Nc2ccc(OC)c(NS(=O)(=O)c3ccc(F)cc3)c2)cc1. The maximum absolute atomic E-state index is 13.1. The van der Waals surface area contributed by atoms with Gasteiger partial charge in [0.25, 0.3) is 15.9 Å².